The van der Waals surface area contributed by atoms with E-state index in [1.54, 1.807) is 6.20 Å². The van der Waals surface area contributed by atoms with E-state index in [4.69, 9.17) is 0 Å². The van der Waals surface area contributed by atoms with Gasteiger partial charge in [0.2, 0.25) is 0 Å². The minimum Gasteiger partial charge on any atom is -0.756 e. The molecule has 0 saturated carbocycles. The van der Waals surface area contributed by atoms with Crippen molar-refractivity contribution in [3.05, 3.63) is 17.5 Å². The first-order chi connectivity index (χ1) is 2.89. The van der Waals surface area contributed by atoms with Crippen LogP contribution >= 0.6 is 8.73 Å². The van der Waals surface area contributed by atoms with Crippen LogP contribution in [0.3, 0.4) is 0 Å². The average Bonchev–Trinajstić information content (AvgIpc) is 1.86. The van der Waals surface area contributed by atoms with E-state index in [1.807, 2.05) is 6.08 Å². The van der Waals surface area contributed by atoms with E-state index in [0.29, 0.717) is 8.73 Å². The van der Waals surface area contributed by atoms with Crippen molar-refractivity contribution in [3.63, 3.8) is 0 Å². The van der Waals surface area contributed by atoms with E-state index in [-0.39, 0.29) is 0 Å². The van der Waals surface area contributed by atoms with Gasteiger partial charge in [0.25, 0.3) is 0 Å². The first-order valence-electron chi connectivity index (χ1n) is 1.76. The maximum Gasteiger partial charge on any atom is 0.00206 e. The van der Waals surface area contributed by atoms with Crippen LogP contribution in [0.5, 0.6) is 0 Å². The van der Waals surface area contributed by atoms with Gasteiger partial charge in [-0.1, -0.05) is 6.08 Å². The molecule has 1 aliphatic heterocycles. The predicted molar refractivity (Wildman–Crippen MR) is 27.5 cm³/mol. The molecule has 2 nitrogen and oxygen atoms in total. The summed E-state index contributed by atoms with van der Waals surface area (Å²) in [4.78, 5) is 0.958. The second kappa shape index (κ2) is 1.59. The van der Waals surface area contributed by atoms with Crippen molar-refractivity contribution in [2.75, 3.05) is 6.16 Å². The number of hydroxylamine groups is 1. The van der Waals surface area contributed by atoms with Gasteiger partial charge < -0.3 is 10.0 Å². The zero-order valence-corrected chi connectivity index (χ0v) is 4.22. The van der Waals surface area contributed by atoms with Crippen LogP contribution in [0, 0.1) is 5.21 Å². The number of rotatable bonds is 0. The van der Waals surface area contributed by atoms with Gasteiger partial charge in [0, 0.05) is 6.16 Å². The molecule has 0 amide bonds. The molecule has 34 valence electrons. The van der Waals surface area contributed by atoms with E-state index in [9.17, 15) is 5.21 Å². The molecule has 0 aromatic heterocycles. The van der Waals surface area contributed by atoms with Gasteiger partial charge in [-0.05, 0) is 14.9 Å². The maximum atomic E-state index is 10.1. The smallest absolute Gasteiger partial charge is 0.00206 e. The quantitative estimate of drug-likeness (QED) is 0.425. The molecule has 0 bridgehead atoms. The summed E-state index contributed by atoms with van der Waals surface area (Å²) < 4.78 is 0. The molecule has 0 fully saturated rings. The summed E-state index contributed by atoms with van der Waals surface area (Å²) in [5.74, 6) is 0. The first kappa shape index (κ1) is 4.10. The lowest BCUT2D eigenvalue weighted by Gasteiger charge is -2.18. The molecule has 0 radical (unpaired) electrons. The SMILES string of the molecule is [O-]N1C=CCP1. The fraction of sp³-hybridized carbons (Fsp3) is 0.333. The monoisotopic (exact) mass is 102 g/mol. The first-order valence-corrected chi connectivity index (χ1v) is 2.91. The van der Waals surface area contributed by atoms with Crippen LogP contribution in [-0.2, 0) is 0 Å². The summed E-state index contributed by atoms with van der Waals surface area (Å²) in [6.07, 6.45) is 4.40. The standard InChI is InChI=1S/C3H5NOP/c5-4-2-1-3-6-4/h1-2,6H,3H2/q-1. The van der Waals surface area contributed by atoms with E-state index in [0.717, 1.165) is 11.0 Å². The Hall–Kier alpha value is -0.0700. The normalized spacial score (nSPS) is 23.8. The third kappa shape index (κ3) is 0.703. The van der Waals surface area contributed by atoms with Crippen molar-refractivity contribution in [1.82, 2.24) is 4.83 Å². The molecule has 0 aromatic rings. The van der Waals surface area contributed by atoms with Crippen molar-refractivity contribution in [2.45, 2.75) is 0 Å². The highest BCUT2D eigenvalue weighted by Gasteiger charge is 1.87. The third-order valence-corrected chi connectivity index (χ3v) is 1.48. The molecule has 1 atom stereocenters. The lowest BCUT2D eigenvalue weighted by atomic mass is 10.7. The third-order valence-electron chi connectivity index (χ3n) is 0.606. The van der Waals surface area contributed by atoms with E-state index in [1.165, 1.54) is 0 Å². The summed E-state index contributed by atoms with van der Waals surface area (Å²) >= 11 is 0. The van der Waals surface area contributed by atoms with Crippen molar-refractivity contribution in [1.29, 1.82) is 0 Å². The van der Waals surface area contributed by atoms with Crippen LogP contribution in [0.15, 0.2) is 12.3 Å². The molecule has 1 unspecified atom stereocenters. The zero-order valence-electron chi connectivity index (χ0n) is 3.22. The number of hydrogen-bond acceptors (Lipinski definition) is 2. The Morgan fingerprint density at radius 3 is 2.83 bits per heavy atom. The van der Waals surface area contributed by atoms with Crippen LogP contribution in [-0.4, -0.2) is 11.0 Å². The van der Waals surface area contributed by atoms with Crippen LogP contribution < -0.4 is 0 Å². The number of allylic oxidation sites excluding steroid dienone is 1. The van der Waals surface area contributed by atoms with Gasteiger partial charge in [-0.25, -0.2) is 0 Å². The van der Waals surface area contributed by atoms with Gasteiger partial charge >= 0.3 is 0 Å². The molecule has 0 spiro atoms. The minimum atomic E-state index is 0.449. The summed E-state index contributed by atoms with van der Waals surface area (Å²) in [5, 5.41) is 10.1. The van der Waals surface area contributed by atoms with Gasteiger partial charge in [-0.2, -0.15) is 0 Å². The van der Waals surface area contributed by atoms with Crippen LogP contribution in [0.25, 0.3) is 0 Å². The molecule has 3 heteroatoms. The Labute approximate surface area is 38.3 Å². The lowest BCUT2D eigenvalue weighted by Crippen LogP contribution is -1.84. The largest absolute Gasteiger partial charge is 0.756 e. The molecule has 1 heterocycles. The predicted octanol–water partition coefficient (Wildman–Crippen LogP) is 0.907. The molecule has 1 rings (SSSR count). The van der Waals surface area contributed by atoms with Gasteiger partial charge in [-0.15, -0.1) is 0 Å². The van der Waals surface area contributed by atoms with Crippen LogP contribution in [0.1, 0.15) is 0 Å². The van der Waals surface area contributed by atoms with Crippen molar-refractivity contribution in [3.8, 4) is 0 Å². The van der Waals surface area contributed by atoms with Crippen LogP contribution in [0.4, 0.5) is 0 Å². The zero-order chi connectivity index (χ0) is 4.41. The lowest BCUT2D eigenvalue weighted by molar-refractivity contribution is 0.866. The van der Waals surface area contributed by atoms with Crippen molar-refractivity contribution in [2.24, 2.45) is 0 Å². The summed E-state index contributed by atoms with van der Waals surface area (Å²) in [5.41, 5.74) is 0. The van der Waals surface area contributed by atoms with Gasteiger partial charge in [0.05, 0.1) is 0 Å². The second-order valence-electron chi connectivity index (χ2n) is 1.07. The Bertz CT molecular complexity index is 73.2. The Morgan fingerprint density at radius 2 is 2.67 bits per heavy atom. The highest BCUT2D eigenvalue weighted by Crippen LogP contribution is 2.21. The van der Waals surface area contributed by atoms with Gasteiger partial charge in [0.15, 0.2) is 0 Å². The Kier molecular flexibility index (Phi) is 1.08. The highest BCUT2D eigenvalue weighted by atomic mass is 31.1. The Balaban J connectivity index is 2.38. The molecule has 0 aromatic carbocycles. The van der Waals surface area contributed by atoms with E-state index >= 15 is 0 Å². The second-order valence-corrected chi connectivity index (χ2v) is 2.24. The fourth-order valence-corrected chi connectivity index (χ4v) is 0.945. The topological polar surface area (TPSA) is 26.3 Å². The Morgan fingerprint density at radius 1 is 1.83 bits per heavy atom. The average molecular weight is 102 g/mol. The molecule has 6 heavy (non-hydrogen) atoms. The number of nitrogens with zero attached hydrogens (tertiary/aromatic N) is 1. The molecule has 1 aliphatic rings. The van der Waals surface area contributed by atoms with Crippen molar-refractivity contribution < 1.29 is 0 Å². The van der Waals surface area contributed by atoms with E-state index < -0.39 is 0 Å². The molecule has 0 saturated heterocycles. The molecular weight excluding hydrogens is 97.0 g/mol. The van der Waals surface area contributed by atoms with Gasteiger partial charge in [0.1, 0.15) is 0 Å². The van der Waals surface area contributed by atoms with Gasteiger partial charge in [-0.3, -0.25) is 0 Å². The van der Waals surface area contributed by atoms with Crippen LogP contribution in [0.2, 0.25) is 0 Å². The molecule has 0 aliphatic carbocycles. The summed E-state index contributed by atoms with van der Waals surface area (Å²) in [6.45, 7) is 0. The molecule has 0 N–H and O–H groups in total. The van der Waals surface area contributed by atoms with Crippen molar-refractivity contribution >= 4 is 8.73 Å². The molecular formula is C3H5NOP-. The summed E-state index contributed by atoms with van der Waals surface area (Å²) in [6, 6.07) is 0. The summed E-state index contributed by atoms with van der Waals surface area (Å²) in [7, 11) is 0.449. The fourth-order valence-electron chi connectivity index (χ4n) is 0.344. The minimum absolute atomic E-state index is 0.449. The highest BCUT2D eigenvalue weighted by molar-refractivity contribution is 7.36. The van der Waals surface area contributed by atoms with E-state index in [2.05, 4.69) is 0 Å². The number of hydrogen-bond donors (Lipinski definition) is 0. The maximum absolute atomic E-state index is 10.1.